The summed E-state index contributed by atoms with van der Waals surface area (Å²) in [4.78, 5) is 45.6. The minimum absolute atomic E-state index is 0.0419. The Hall–Kier alpha value is -5.48. The molecule has 5 N–H and O–H groups in total. The summed E-state index contributed by atoms with van der Waals surface area (Å²) < 4.78 is 31.5. The lowest BCUT2D eigenvalue weighted by Crippen LogP contribution is -2.59. The highest BCUT2D eigenvalue weighted by Crippen LogP contribution is 2.30. The zero-order valence-corrected chi connectivity index (χ0v) is 44.4. The van der Waals surface area contributed by atoms with Crippen molar-refractivity contribution in [2.45, 2.75) is 172 Å². The first kappa shape index (κ1) is 60.6. The summed E-state index contributed by atoms with van der Waals surface area (Å²) in [5, 5.41) is 37.0. The van der Waals surface area contributed by atoms with Crippen LogP contribution in [0.3, 0.4) is 0 Å². The number of aliphatic hydroxyl groups is 3. The molecule has 0 bridgehead atoms. The third kappa shape index (κ3) is 23.0. The molecule has 1 fully saturated rings. The van der Waals surface area contributed by atoms with Crippen molar-refractivity contribution in [3.8, 4) is 5.75 Å². The first-order chi connectivity index (χ1) is 32.3. The van der Waals surface area contributed by atoms with Crippen molar-refractivity contribution >= 4 is 41.8 Å². The number of hydrogen-bond acceptors (Lipinski definition) is 15. The lowest BCUT2D eigenvalue weighted by atomic mass is 9.97. The first-order valence-electron chi connectivity index (χ1n) is 23.8. The summed E-state index contributed by atoms with van der Waals surface area (Å²) >= 11 is 0. The van der Waals surface area contributed by atoms with Gasteiger partial charge in [0.25, 0.3) is 6.47 Å². The molecule has 0 amide bonds. The topological polar surface area (TPSA) is 208 Å². The van der Waals surface area contributed by atoms with E-state index in [1.807, 2.05) is 115 Å². The van der Waals surface area contributed by atoms with Crippen molar-refractivity contribution in [2.24, 2.45) is 22.7 Å². The van der Waals surface area contributed by atoms with Crippen molar-refractivity contribution in [2.75, 3.05) is 17.2 Å². The molecule has 1 aliphatic heterocycles. The molecule has 1 aliphatic rings. The van der Waals surface area contributed by atoms with Gasteiger partial charge < -0.3 is 49.6 Å². The number of anilines is 2. The molecule has 1 saturated heterocycles. The fraction of sp³-hybridized carbons (Fsp3) is 0.564. The lowest BCUT2D eigenvalue weighted by Gasteiger charge is -2.39. The van der Waals surface area contributed by atoms with Gasteiger partial charge in [-0.25, -0.2) is 0 Å². The van der Waals surface area contributed by atoms with E-state index in [1.165, 1.54) is 0 Å². The maximum atomic E-state index is 12.0. The molecule has 15 nitrogen and oxygen atoms in total. The summed E-state index contributed by atoms with van der Waals surface area (Å²) in [7, 11) is 0. The Bertz CT molecular complexity index is 2110. The smallest absolute Gasteiger partial charge is 0.311 e. The van der Waals surface area contributed by atoms with Crippen LogP contribution < -0.4 is 15.4 Å². The molecule has 0 saturated carbocycles. The van der Waals surface area contributed by atoms with Gasteiger partial charge in [0.15, 0.2) is 0 Å². The third-order valence-corrected chi connectivity index (χ3v) is 9.68. The van der Waals surface area contributed by atoms with Crippen LogP contribution in [0.2, 0.25) is 0 Å². The number of aliphatic hydroxyl groups excluding tert-OH is 3. The molecule has 5 atom stereocenters. The number of benzene rings is 3. The summed E-state index contributed by atoms with van der Waals surface area (Å²) in [5.74, 6) is -0.0803. The molecule has 0 aliphatic carbocycles. The summed E-state index contributed by atoms with van der Waals surface area (Å²) in [6.45, 7) is 32.1. The van der Waals surface area contributed by atoms with Gasteiger partial charge >= 0.3 is 17.9 Å². The molecule has 1 heterocycles. The number of ether oxygens (including phenoxy) is 6. The molecule has 0 spiro atoms. The van der Waals surface area contributed by atoms with E-state index < -0.39 is 41.7 Å². The third-order valence-electron chi connectivity index (χ3n) is 9.68. The van der Waals surface area contributed by atoms with E-state index in [0.29, 0.717) is 25.4 Å². The molecule has 0 radical (unpaired) electrons. The van der Waals surface area contributed by atoms with E-state index in [9.17, 15) is 34.5 Å². The molecular formula is C55H82N2O13. The molecule has 15 heteroatoms. The van der Waals surface area contributed by atoms with Crippen LogP contribution in [0.4, 0.5) is 11.4 Å². The van der Waals surface area contributed by atoms with E-state index in [4.69, 9.17) is 23.7 Å². The summed E-state index contributed by atoms with van der Waals surface area (Å²) in [6.07, 6.45) is -3.24. The van der Waals surface area contributed by atoms with E-state index in [0.717, 1.165) is 33.6 Å². The average molecular weight is 979 g/mol. The minimum atomic E-state index is -1.63. The van der Waals surface area contributed by atoms with Crippen molar-refractivity contribution in [3.05, 3.63) is 95.1 Å². The van der Waals surface area contributed by atoms with Gasteiger partial charge in [-0.15, -0.1) is 0 Å². The van der Waals surface area contributed by atoms with E-state index in [2.05, 4.69) is 56.9 Å². The Balaban J connectivity index is 0.000000377. The predicted octanol–water partition coefficient (Wildman–Crippen LogP) is 9.39. The van der Waals surface area contributed by atoms with Crippen LogP contribution >= 0.6 is 0 Å². The second kappa shape index (κ2) is 27.2. The highest BCUT2D eigenvalue weighted by atomic mass is 16.8. The van der Waals surface area contributed by atoms with Crippen LogP contribution in [0.15, 0.2) is 72.8 Å². The normalized spacial score (nSPS) is 18.4. The second-order valence-electron chi connectivity index (χ2n) is 22.1. The largest absolute Gasteiger partial charge is 0.462 e. The van der Waals surface area contributed by atoms with Gasteiger partial charge in [0.05, 0.1) is 16.7 Å². The van der Waals surface area contributed by atoms with E-state index in [-0.39, 0.29) is 53.9 Å². The second-order valence-corrected chi connectivity index (χ2v) is 22.1. The number of nitrogens with one attached hydrogen (secondary N) is 2. The average Bonchev–Trinajstić information content (AvgIpc) is 3.24. The maximum absolute atomic E-state index is 12.0. The number of hydrogen-bond donors (Lipinski definition) is 5. The molecular weight excluding hydrogens is 897 g/mol. The van der Waals surface area contributed by atoms with Gasteiger partial charge in [-0.3, -0.25) is 23.9 Å². The van der Waals surface area contributed by atoms with Crippen LogP contribution in [0, 0.1) is 22.7 Å². The standard InChI is InChI=1S/C22H32O9.C17H25NO2.C16H25NO2/c1-12(2)8-14-9-13(10-28-21(27)22(3,4)5)6-7-15(14)30-20-18(26)16(24)17(25)19(31-20)29-11-23;1-13(2)16(19)20-12-6-7-14-8-10-15(11-9-14)18-17(3,4)5;1-15(2,3)14(18)19-11-12-7-9-13(10-8-12)17-16(4,5)6/h6-7,9,11-12,16-20,24-26H,8,10H2,1-5H3;6-11,13,18H,12H2,1-5H3;7-10,17H,11H2,1-6H3/b;7-6+;/t16-,17-,18+,19-,20+;;/m0../s1. The number of carbonyl (C=O) groups is 4. The van der Waals surface area contributed by atoms with Crippen molar-refractivity contribution in [1.29, 1.82) is 0 Å². The summed E-state index contributed by atoms with van der Waals surface area (Å²) in [6, 6.07) is 21.3. The quantitative estimate of drug-likeness (QED) is 0.0515. The van der Waals surface area contributed by atoms with Gasteiger partial charge in [-0.1, -0.05) is 64.1 Å². The van der Waals surface area contributed by atoms with Crippen molar-refractivity contribution in [1.82, 2.24) is 0 Å². The lowest BCUT2D eigenvalue weighted by molar-refractivity contribution is -0.321. The minimum Gasteiger partial charge on any atom is -0.462 e. The van der Waals surface area contributed by atoms with Crippen LogP contribution in [0.1, 0.15) is 133 Å². The fourth-order valence-electron chi connectivity index (χ4n) is 6.08. The van der Waals surface area contributed by atoms with E-state index in [1.54, 1.807) is 32.9 Å². The Kier molecular flexibility index (Phi) is 23.6. The molecule has 0 unspecified atom stereocenters. The molecule has 0 aromatic heterocycles. The van der Waals surface area contributed by atoms with E-state index >= 15 is 0 Å². The Morgan fingerprint density at radius 1 is 0.643 bits per heavy atom. The van der Waals surface area contributed by atoms with Crippen LogP contribution in [-0.2, 0) is 62.5 Å². The van der Waals surface area contributed by atoms with Crippen LogP contribution in [0.5, 0.6) is 5.75 Å². The Labute approximate surface area is 416 Å². The molecule has 3 aromatic rings. The van der Waals surface area contributed by atoms with Crippen LogP contribution in [-0.4, -0.2) is 88.3 Å². The first-order valence-corrected chi connectivity index (χ1v) is 23.8. The zero-order valence-electron chi connectivity index (χ0n) is 44.4. The highest BCUT2D eigenvalue weighted by molar-refractivity contribution is 5.76. The van der Waals surface area contributed by atoms with Crippen molar-refractivity contribution < 1.29 is 62.9 Å². The highest BCUT2D eigenvalue weighted by Gasteiger charge is 2.46. The number of rotatable bonds is 16. The Morgan fingerprint density at radius 3 is 1.57 bits per heavy atom. The van der Waals surface area contributed by atoms with Gasteiger partial charge in [0, 0.05) is 22.5 Å². The van der Waals surface area contributed by atoms with Crippen LogP contribution in [0.25, 0.3) is 6.08 Å². The fourth-order valence-corrected chi connectivity index (χ4v) is 6.08. The monoisotopic (exact) mass is 979 g/mol. The number of esters is 3. The maximum Gasteiger partial charge on any atom is 0.311 e. The van der Waals surface area contributed by atoms with Gasteiger partial charge in [-0.05, 0) is 160 Å². The molecule has 3 aromatic carbocycles. The molecule has 390 valence electrons. The predicted molar refractivity (Wildman–Crippen MR) is 272 cm³/mol. The van der Waals surface area contributed by atoms with Gasteiger partial charge in [-0.2, -0.15) is 0 Å². The van der Waals surface area contributed by atoms with Crippen molar-refractivity contribution in [3.63, 3.8) is 0 Å². The zero-order chi connectivity index (χ0) is 53.2. The molecule has 4 rings (SSSR count). The Morgan fingerprint density at radius 2 is 1.11 bits per heavy atom. The molecule has 70 heavy (non-hydrogen) atoms. The number of carbonyl (C=O) groups excluding carboxylic acids is 4. The SMILES string of the molecule is CC(C)(C)Nc1ccc(COC(=O)C(C)(C)C)cc1.CC(C)C(=O)OC/C=C/c1ccc(NC(C)(C)C)cc1.CC(C)Cc1cc(COC(=O)C(C)(C)C)ccc1O[C@@H]1O[C@H](OC=O)[C@@H](O)[C@H](O)[C@H]1O. The summed E-state index contributed by atoms with van der Waals surface area (Å²) in [5.41, 5.74) is 4.84. The van der Waals surface area contributed by atoms with Gasteiger partial charge in [0.2, 0.25) is 12.6 Å². The van der Waals surface area contributed by atoms with Gasteiger partial charge in [0.1, 0.15) is 43.9 Å².